The van der Waals surface area contributed by atoms with Crippen LogP contribution in [-0.4, -0.2) is 9.67 Å². The summed E-state index contributed by atoms with van der Waals surface area (Å²) in [6, 6.07) is 2.63. The van der Waals surface area contributed by atoms with E-state index in [0.717, 1.165) is 22.8 Å². The Labute approximate surface area is 124 Å². The molecule has 0 fully saturated rings. The molecule has 1 aromatic heterocycles. The summed E-state index contributed by atoms with van der Waals surface area (Å²) in [5.74, 6) is -1.24. The number of alkyl halides is 3. The van der Waals surface area contributed by atoms with Gasteiger partial charge in [0.25, 0.3) is 0 Å². The summed E-state index contributed by atoms with van der Waals surface area (Å²) < 4.78 is 53.1. The van der Waals surface area contributed by atoms with Crippen molar-refractivity contribution in [1.29, 1.82) is 0 Å². The highest BCUT2D eigenvalue weighted by Crippen LogP contribution is 2.41. The molecular weight excluding hydrogens is 365 g/mol. The lowest BCUT2D eigenvalue weighted by atomic mass is 10.1. The molecule has 0 aliphatic rings. The summed E-state index contributed by atoms with van der Waals surface area (Å²) >= 11 is 8.52. The van der Waals surface area contributed by atoms with Gasteiger partial charge in [-0.05, 0) is 34.1 Å². The van der Waals surface area contributed by atoms with Crippen LogP contribution in [0.25, 0.3) is 11.1 Å². The second-order valence-electron chi connectivity index (χ2n) is 4.07. The van der Waals surface area contributed by atoms with Crippen molar-refractivity contribution < 1.29 is 22.7 Å². The molecular formula is C12H7BrClF4NO. The second kappa shape index (κ2) is 4.96. The largest absolute Gasteiger partial charge is 0.506 e. The number of phenols is 1. The average Bonchev–Trinajstić information content (AvgIpc) is 2.61. The van der Waals surface area contributed by atoms with E-state index in [9.17, 15) is 22.7 Å². The minimum absolute atomic E-state index is 0.0238. The molecule has 0 saturated carbocycles. The van der Waals surface area contributed by atoms with Crippen molar-refractivity contribution >= 4 is 27.5 Å². The SMILES string of the molecule is Cn1c(C(F)(F)F)cc(-c2cc(O)c(Cl)cc2F)c1Br. The third kappa shape index (κ3) is 2.52. The molecule has 1 aromatic carbocycles. The third-order valence-corrected chi connectivity index (χ3v) is 4.04. The van der Waals surface area contributed by atoms with Crippen LogP contribution in [0.15, 0.2) is 22.8 Å². The van der Waals surface area contributed by atoms with Crippen molar-refractivity contribution in [2.24, 2.45) is 7.05 Å². The quantitative estimate of drug-likeness (QED) is 0.702. The molecule has 0 unspecified atom stereocenters. The molecule has 8 heteroatoms. The van der Waals surface area contributed by atoms with Gasteiger partial charge in [0.15, 0.2) is 0 Å². The van der Waals surface area contributed by atoms with Crippen LogP contribution in [0.3, 0.4) is 0 Å². The Morgan fingerprint density at radius 2 is 1.80 bits per heavy atom. The molecule has 0 atom stereocenters. The van der Waals surface area contributed by atoms with E-state index in [1.54, 1.807) is 0 Å². The molecule has 20 heavy (non-hydrogen) atoms. The molecule has 1 N–H and O–H groups in total. The number of aromatic hydroxyl groups is 1. The van der Waals surface area contributed by atoms with Crippen molar-refractivity contribution in [3.8, 4) is 16.9 Å². The zero-order valence-electron chi connectivity index (χ0n) is 9.89. The molecule has 2 aromatic rings. The molecule has 0 saturated heterocycles. The number of benzene rings is 1. The molecule has 2 rings (SSSR count). The molecule has 108 valence electrons. The summed E-state index contributed by atoms with van der Waals surface area (Å²) in [6.07, 6.45) is -4.57. The van der Waals surface area contributed by atoms with Crippen LogP contribution in [0.1, 0.15) is 5.69 Å². The summed E-state index contributed by atoms with van der Waals surface area (Å²) in [4.78, 5) is 0. The van der Waals surface area contributed by atoms with Gasteiger partial charge in [-0.15, -0.1) is 0 Å². The van der Waals surface area contributed by atoms with E-state index < -0.39 is 23.4 Å². The topological polar surface area (TPSA) is 25.2 Å². The lowest BCUT2D eigenvalue weighted by Crippen LogP contribution is -2.10. The van der Waals surface area contributed by atoms with Gasteiger partial charge < -0.3 is 9.67 Å². The number of halogens is 6. The maximum atomic E-state index is 13.8. The van der Waals surface area contributed by atoms with Crippen LogP contribution in [0, 0.1) is 5.82 Å². The van der Waals surface area contributed by atoms with Gasteiger partial charge in [-0.25, -0.2) is 4.39 Å². The minimum Gasteiger partial charge on any atom is -0.506 e. The van der Waals surface area contributed by atoms with Crippen LogP contribution in [0.4, 0.5) is 17.6 Å². The molecule has 1 heterocycles. The fourth-order valence-corrected chi connectivity index (χ4v) is 2.45. The van der Waals surface area contributed by atoms with Crippen LogP contribution < -0.4 is 0 Å². The monoisotopic (exact) mass is 371 g/mol. The van der Waals surface area contributed by atoms with E-state index in [-0.39, 0.29) is 20.8 Å². The number of phenolic OH excluding ortho intramolecular Hbond substituents is 1. The summed E-state index contributed by atoms with van der Waals surface area (Å²) in [7, 11) is 1.20. The van der Waals surface area contributed by atoms with Crippen LogP contribution in [-0.2, 0) is 13.2 Å². The second-order valence-corrected chi connectivity index (χ2v) is 5.23. The first-order valence-corrected chi connectivity index (χ1v) is 6.40. The van der Waals surface area contributed by atoms with E-state index in [1.165, 1.54) is 7.05 Å². The molecule has 0 aliphatic heterocycles. The Bertz CT molecular complexity index is 681. The lowest BCUT2D eigenvalue weighted by Gasteiger charge is -2.07. The van der Waals surface area contributed by atoms with E-state index in [0.29, 0.717) is 0 Å². The van der Waals surface area contributed by atoms with Crippen molar-refractivity contribution in [1.82, 2.24) is 4.57 Å². The predicted molar refractivity (Wildman–Crippen MR) is 70.2 cm³/mol. The molecule has 0 radical (unpaired) electrons. The van der Waals surface area contributed by atoms with Gasteiger partial charge in [0.05, 0.1) is 9.63 Å². The van der Waals surface area contributed by atoms with Crippen LogP contribution in [0.5, 0.6) is 5.75 Å². The van der Waals surface area contributed by atoms with Crippen molar-refractivity contribution in [2.75, 3.05) is 0 Å². The summed E-state index contributed by atoms with van der Waals surface area (Å²) in [5.41, 5.74) is -1.14. The highest BCUT2D eigenvalue weighted by atomic mass is 79.9. The fourth-order valence-electron chi connectivity index (χ4n) is 1.78. The van der Waals surface area contributed by atoms with Crippen LogP contribution >= 0.6 is 27.5 Å². The number of rotatable bonds is 1. The zero-order chi connectivity index (χ0) is 15.2. The molecule has 0 spiro atoms. The van der Waals surface area contributed by atoms with Gasteiger partial charge in [-0.1, -0.05) is 11.6 Å². The molecule has 0 amide bonds. The Morgan fingerprint density at radius 3 is 2.30 bits per heavy atom. The average molecular weight is 373 g/mol. The smallest absolute Gasteiger partial charge is 0.431 e. The third-order valence-electron chi connectivity index (χ3n) is 2.78. The Morgan fingerprint density at radius 1 is 1.20 bits per heavy atom. The van der Waals surface area contributed by atoms with Gasteiger partial charge in [-0.2, -0.15) is 13.2 Å². The van der Waals surface area contributed by atoms with E-state index >= 15 is 0 Å². The van der Waals surface area contributed by atoms with E-state index in [2.05, 4.69) is 15.9 Å². The van der Waals surface area contributed by atoms with Crippen molar-refractivity contribution in [3.05, 3.63) is 39.3 Å². The normalized spacial score (nSPS) is 11.9. The zero-order valence-corrected chi connectivity index (χ0v) is 12.2. The number of hydrogen-bond donors (Lipinski definition) is 1. The Kier molecular flexibility index (Phi) is 3.77. The molecule has 2 nitrogen and oxygen atoms in total. The van der Waals surface area contributed by atoms with Crippen molar-refractivity contribution in [2.45, 2.75) is 6.18 Å². The highest BCUT2D eigenvalue weighted by Gasteiger charge is 2.36. The Hall–Kier alpha value is -1.21. The Balaban J connectivity index is 2.69. The highest BCUT2D eigenvalue weighted by molar-refractivity contribution is 9.10. The summed E-state index contributed by atoms with van der Waals surface area (Å²) in [5, 5.41) is 9.26. The standard InChI is InChI=1S/C12H7BrClF4NO/c1-19-10(12(16,17)18)3-6(11(19)13)5-2-9(20)7(14)4-8(5)15/h2-4,20H,1H3. The van der Waals surface area contributed by atoms with Gasteiger partial charge in [0, 0.05) is 18.2 Å². The number of nitrogens with zero attached hydrogens (tertiary/aromatic N) is 1. The van der Waals surface area contributed by atoms with Gasteiger partial charge >= 0.3 is 6.18 Å². The molecule has 0 aliphatic carbocycles. The first-order chi connectivity index (χ1) is 9.12. The van der Waals surface area contributed by atoms with Crippen LogP contribution in [0.2, 0.25) is 5.02 Å². The van der Waals surface area contributed by atoms with Gasteiger partial charge in [0.1, 0.15) is 17.3 Å². The van der Waals surface area contributed by atoms with Gasteiger partial charge in [-0.3, -0.25) is 0 Å². The first kappa shape index (κ1) is 15.2. The van der Waals surface area contributed by atoms with E-state index in [4.69, 9.17) is 11.6 Å². The fraction of sp³-hybridized carbons (Fsp3) is 0.167. The number of hydrogen-bond acceptors (Lipinski definition) is 1. The van der Waals surface area contributed by atoms with Gasteiger partial charge in [0.2, 0.25) is 0 Å². The summed E-state index contributed by atoms with van der Waals surface area (Å²) in [6.45, 7) is 0. The number of aromatic nitrogens is 1. The first-order valence-electron chi connectivity index (χ1n) is 5.23. The lowest BCUT2D eigenvalue weighted by molar-refractivity contribution is -0.143. The maximum absolute atomic E-state index is 13.8. The predicted octanol–water partition coefficient (Wildman–Crippen LogP) is 4.97. The van der Waals surface area contributed by atoms with Crippen molar-refractivity contribution in [3.63, 3.8) is 0 Å². The van der Waals surface area contributed by atoms with E-state index in [1.807, 2.05) is 0 Å². The maximum Gasteiger partial charge on any atom is 0.431 e. The minimum atomic E-state index is -4.57. The molecule has 0 bridgehead atoms.